The number of anilines is 3. The zero-order chi connectivity index (χ0) is 30.7. The Morgan fingerprint density at radius 1 is 1.07 bits per heavy atom. The van der Waals surface area contributed by atoms with Gasteiger partial charge in [-0.25, -0.2) is 14.0 Å². The van der Waals surface area contributed by atoms with Gasteiger partial charge in [0, 0.05) is 38.0 Å². The molecule has 5 rings (SSSR count). The van der Waals surface area contributed by atoms with Crippen molar-refractivity contribution in [2.75, 3.05) is 36.1 Å². The fourth-order valence-electron chi connectivity index (χ4n) is 5.73. The minimum Gasteiger partial charge on any atom is -0.453 e. The number of likely N-dealkylation sites (tertiary alicyclic amines) is 1. The Balaban J connectivity index is 1.35. The highest BCUT2D eigenvalue weighted by Gasteiger charge is 2.48. The van der Waals surface area contributed by atoms with E-state index >= 15 is 4.39 Å². The van der Waals surface area contributed by atoms with Gasteiger partial charge >= 0.3 is 12.2 Å². The number of benzene rings is 2. The summed E-state index contributed by atoms with van der Waals surface area (Å²) in [7, 11) is 1.21. The zero-order valence-corrected chi connectivity index (χ0v) is 24.1. The lowest BCUT2D eigenvalue weighted by Crippen LogP contribution is -2.54. The van der Waals surface area contributed by atoms with Crippen molar-refractivity contribution in [3.8, 4) is 0 Å². The van der Waals surface area contributed by atoms with Crippen molar-refractivity contribution >= 4 is 58.6 Å². The van der Waals surface area contributed by atoms with Crippen LogP contribution in [0.2, 0.25) is 5.02 Å². The van der Waals surface area contributed by atoms with Crippen LogP contribution in [0, 0.1) is 5.82 Å². The first kappa shape index (κ1) is 30.1. The van der Waals surface area contributed by atoms with E-state index in [1.54, 1.807) is 4.90 Å². The van der Waals surface area contributed by atoms with Gasteiger partial charge in [-0.15, -0.1) is 0 Å². The van der Waals surface area contributed by atoms with Crippen molar-refractivity contribution in [1.29, 1.82) is 0 Å². The highest BCUT2D eigenvalue weighted by molar-refractivity contribution is 6.31. The SMILES string of the molecule is COC(=O)Nc1ccc2c(c1)NC(=O)CCCCC[C@H](C(=O)N1CCC3(CC1)OC(=O)Nc1ccc(Cl)c(F)c13)NC2=O. The zero-order valence-electron chi connectivity index (χ0n) is 23.4. The Kier molecular flexibility index (Phi) is 8.71. The molecule has 14 heteroatoms. The quantitative estimate of drug-likeness (QED) is 0.380. The van der Waals surface area contributed by atoms with Crippen LogP contribution in [0.5, 0.6) is 0 Å². The monoisotopic (exact) mass is 615 g/mol. The molecule has 12 nitrogen and oxygen atoms in total. The number of rotatable bonds is 2. The molecule has 0 aliphatic carbocycles. The Morgan fingerprint density at radius 3 is 2.58 bits per heavy atom. The number of fused-ring (bicyclic) bond motifs is 3. The number of hydrogen-bond donors (Lipinski definition) is 4. The highest BCUT2D eigenvalue weighted by atomic mass is 35.5. The van der Waals surface area contributed by atoms with E-state index in [1.807, 2.05) is 0 Å². The van der Waals surface area contributed by atoms with Crippen LogP contribution in [0.1, 0.15) is 60.9 Å². The van der Waals surface area contributed by atoms with Crippen molar-refractivity contribution in [1.82, 2.24) is 10.2 Å². The van der Waals surface area contributed by atoms with Crippen LogP contribution in [0.15, 0.2) is 30.3 Å². The van der Waals surface area contributed by atoms with E-state index in [0.717, 1.165) is 0 Å². The molecule has 0 unspecified atom stereocenters. The van der Waals surface area contributed by atoms with E-state index in [4.69, 9.17) is 16.3 Å². The van der Waals surface area contributed by atoms with Gasteiger partial charge in [0.25, 0.3) is 5.91 Å². The molecule has 2 aromatic carbocycles. The number of nitrogens with zero attached hydrogens (tertiary/aromatic N) is 1. The summed E-state index contributed by atoms with van der Waals surface area (Å²) >= 11 is 6.04. The molecule has 0 saturated carbocycles. The number of nitrogens with one attached hydrogen (secondary N) is 4. The van der Waals surface area contributed by atoms with Gasteiger partial charge in [-0.2, -0.15) is 0 Å². The number of hydrogen-bond acceptors (Lipinski definition) is 7. The van der Waals surface area contributed by atoms with Crippen LogP contribution in [0.4, 0.5) is 31.0 Å². The second-order valence-electron chi connectivity index (χ2n) is 10.7. The second-order valence-corrected chi connectivity index (χ2v) is 11.1. The lowest BCUT2D eigenvalue weighted by Gasteiger charge is -2.44. The molecule has 1 spiro atoms. The molecule has 43 heavy (non-hydrogen) atoms. The van der Waals surface area contributed by atoms with Gasteiger partial charge in [0.05, 0.1) is 34.6 Å². The average Bonchev–Trinajstić information content (AvgIpc) is 2.97. The highest BCUT2D eigenvalue weighted by Crippen LogP contribution is 2.46. The lowest BCUT2D eigenvalue weighted by molar-refractivity contribution is -0.138. The van der Waals surface area contributed by atoms with Gasteiger partial charge in [0.2, 0.25) is 11.8 Å². The minimum atomic E-state index is -1.29. The van der Waals surface area contributed by atoms with E-state index in [1.165, 1.54) is 37.4 Å². The Bertz CT molecular complexity index is 1480. The summed E-state index contributed by atoms with van der Waals surface area (Å²) in [5, 5.41) is 10.5. The van der Waals surface area contributed by atoms with Gasteiger partial charge in [0.1, 0.15) is 11.6 Å². The Morgan fingerprint density at radius 2 is 1.84 bits per heavy atom. The molecule has 3 aliphatic rings. The number of ether oxygens (including phenoxy) is 2. The fourth-order valence-corrected chi connectivity index (χ4v) is 5.89. The first-order valence-corrected chi connectivity index (χ1v) is 14.3. The molecular formula is C29H31ClFN5O7. The maximum Gasteiger partial charge on any atom is 0.412 e. The first-order chi connectivity index (χ1) is 20.6. The summed E-state index contributed by atoms with van der Waals surface area (Å²) in [4.78, 5) is 65.3. The molecule has 2 aromatic rings. The molecule has 0 aromatic heterocycles. The van der Waals surface area contributed by atoms with Gasteiger partial charge in [-0.3, -0.25) is 25.0 Å². The molecule has 1 atom stereocenters. The maximum absolute atomic E-state index is 15.2. The van der Waals surface area contributed by atoms with Crippen molar-refractivity contribution in [2.45, 2.75) is 56.6 Å². The molecule has 0 radical (unpaired) electrons. The number of halogens is 2. The Hall–Kier alpha value is -4.39. The number of carbonyl (C=O) groups excluding carboxylic acids is 5. The predicted octanol–water partition coefficient (Wildman–Crippen LogP) is 4.74. The van der Waals surface area contributed by atoms with Gasteiger partial charge < -0.3 is 25.0 Å². The van der Waals surface area contributed by atoms with Crippen LogP contribution < -0.4 is 21.3 Å². The number of carbonyl (C=O) groups is 5. The average molecular weight is 616 g/mol. The number of piperidine rings is 1. The largest absolute Gasteiger partial charge is 0.453 e. The third kappa shape index (κ3) is 6.36. The third-order valence-corrected chi connectivity index (χ3v) is 8.22. The van der Waals surface area contributed by atoms with Crippen molar-refractivity contribution in [3.63, 3.8) is 0 Å². The van der Waals surface area contributed by atoms with Crippen molar-refractivity contribution in [2.24, 2.45) is 0 Å². The number of methoxy groups -OCH3 is 1. The van der Waals surface area contributed by atoms with Crippen LogP contribution in [-0.2, 0) is 24.7 Å². The molecule has 3 aliphatic heterocycles. The molecule has 1 fully saturated rings. The maximum atomic E-state index is 15.2. The van der Waals surface area contributed by atoms with Gasteiger partial charge in [0.15, 0.2) is 5.82 Å². The van der Waals surface area contributed by atoms with Crippen LogP contribution >= 0.6 is 11.6 Å². The van der Waals surface area contributed by atoms with E-state index in [9.17, 15) is 24.0 Å². The van der Waals surface area contributed by atoms with Crippen LogP contribution in [-0.4, -0.2) is 61.0 Å². The predicted molar refractivity (Wildman–Crippen MR) is 154 cm³/mol. The molecule has 0 bridgehead atoms. The molecule has 5 amide bonds. The summed E-state index contributed by atoms with van der Waals surface area (Å²) in [6.45, 7) is 0.304. The molecule has 3 heterocycles. The second kappa shape index (κ2) is 12.5. The standard InChI is InChI=1S/C29H31ClFN5O7/c1-42-27(40)32-16-7-8-17-21(15-16)33-22(37)6-4-2-3-5-20(34-25(17)38)26(39)36-13-11-29(12-14-36)23-19(35-28(41)43-29)10-9-18(30)24(23)31/h7-10,15,20H,2-6,11-14H2,1H3,(H,32,40)(H,33,37)(H,34,38)(H,35,41)/t20-/m1/s1. The van der Waals surface area contributed by atoms with Gasteiger partial charge in [-0.1, -0.05) is 24.4 Å². The minimum absolute atomic E-state index is 0.100. The molecular weight excluding hydrogens is 585 g/mol. The van der Waals surface area contributed by atoms with E-state index < -0.39 is 35.6 Å². The normalized spacial score (nSPS) is 20.1. The fraction of sp³-hybridized carbons (Fsp3) is 0.414. The summed E-state index contributed by atoms with van der Waals surface area (Å²) < 4.78 is 25.4. The van der Waals surface area contributed by atoms with Crippen molar-refractivity contribution < 1.29 is 37.8 Å². The third-order valence-electron chi connectivity index (χ3n) is 7.93. The van der Waals surface area contributed by atoms with Gasteiger partial charge in [-0.05, 0) is 43.2 Å². The van der Waals surface area contributed by atoms with E-state index in [0.29, 0.717) is 31.4 Å². The molecule has 228 valence electrons. The Labute approximate surface area is 251 Å². The summed E-state index contributed by atoms with van der Waals surface area (Å²) in [5.41, 5.74) is -0.253. The topological polar surface area (TPSA) is 155 Å². The molecule has 4 N–H and O–H groups in total. The lowest BCUT2D eigenvalue weighted by atomic mass is 9.81. The van der Waals surface area contributed by atoms with E-state index in [2.05, 4.69) is 26.0 Å². The smallest absolute Gasteiger partial charge is 0.412 e. The van der Waals surface area contributed by atoms with Crippen molar-refractivity contribution in [3.05, 3.63) is 52.3 Å². The molecule has 1 saturated heterocycles. The van der Waals surface area contributed by atoms with Crippen LogP contribution in [0.3, 0.4) is 0 Å². The summed E-state index contributed by atoms with van der Waals surface area (Å²) in [5.74, 6) is -1.86. The van der Waals surface area contributed by atoms with E-state index in [-0.39, 0.29) is 71.7 Å². The first-order valence-electron chi connectivity index (χ1n) is 14.0. The summed E-state index contributed by atoms with van der Waals surface area (Å²) in [6, 6.07) is 6.39. The van der Waals surface area contributed by atoms with Crippen LogP contribution in [0.25, 0.3) is 0 Å². The summed E-state index contributed by atoms with van der Waals surface area (Å²) in [6.07, 6.45) is 1.25. The number of amides is 5.